The molecule has 0 saturated heterocycles. The largest absolute Gasteiger partial charge is 0.399 e. The zero-order chi connectivity index (χ0) is 12.9. The quantitative estimate of drug-likeness (QED) is 0.714. The van der Waals surface area contributed by atoms with Crippen molar-refractivity contribution in [1.82, 2.24) is 0 Å². The Labute approximate surface area is 105 Å². The van der Waals surface area contributed by atoms with E-state index in [1.807, 2.05) is 13.0 Å². The van der Waals surface area contributed by atoms with Crippen LogP contribution >= 0.6 is 0 Å². The van der Waals surface area contributed by atoms with Gasteiger partial charge >= 0.3 is 0 Å². The van der Waals surface area contributed by atoms with Crippen LogP contribution in [0.3, 0.4) is 0 Å². The molecular formula is C13H12N2O2S. The van der Waals surface area contributed by atoms with Gasteiger partial charge in [0.15, 0.2) is 0 Å². The van der Waals surface area contributed by atoms with Gasteiger partial charge in [-0.15, -0.1) is 0 Å². The Morgan fingerprint density at radius 2 is 1.83 bits per heavy atom. The average molecular weight is 260 g/mol. The minimum absolute atomic E-state index is 0.294. The molecule has 0 unspecified atom stereocenters. The molecule has 3 rings (SSSR count). The molecule has 3 N–H and O–H groups in total. The zero-order valence-corrected chi connectivity index (χ0v) is 10.6. The van der Waals surface area contributed by atoms with Crippen molar-refractivity contribution in [3.05, 3.63) is 42.0 Å². The molecule has 4 nitrogen and oxygen atoms in total. The first-order valence-electron chi connectivity index (χ1n) is 5.51. The third-order valence-corrected chi connectivity index (χ3v) is 4.47. The lowest BCUT2D eigenvalue weighted by atomic mass is 9.99. The Balaban J connectivity index is 2.44. The van der Waals surface area contributed by atoms with E-state index in [2.05, 4.69) is 4.72 Å². The first-order chi connectivity index (χ1) is 8.49. The standard InChI is InChI=1S/C13H12N2O2S/c1-8-6-9(14)7-11-10-4-2-3-5-12(10)18(16,17)15-13(8)11/h2-7,15H,14H2,1H3. The number of nitrogen functional groups attached to an aromatic ring is 1. The summed E-state index contributed by atoms with van der Waals surface area (Å²) in [6.45, 7) is 1.84. The summed E-state index contributed by atoms with van der Waals surface area (Å²) in [4.78, 5) is 0.294. The molecule has 0 aromatic heterocycles. The second-order valence-corrected chi connectivity index (χ2v) is 6.01. The van der Waals surface area contributed by atoms with Gasteiger partial charge < -0.3 is 5.73 Å². The van der Waals surface area contributed by atoms with Crippen molar-refractivity contribution in [2.45, 2.75) is 11.8 Å². The molecule has 2 aromatic carbocycles. The summed E-state index contributed by atoms with van der Waals surface area (Å²) in [6, 6.07) is 10.5. The fourth-order valence-electron chi connectivity index (χ4n) is 2.28. The summed E-state index contributed by atoms with van der Waals surface area (Å²) in [5.41, 5.74) is 9.42. The van der Waals surface area contributed by atoms with E-state index in [9.17, 15) is 8.42 Å². The summed E-state index contributed by atoms with van der Waals surface area (Å²) < 4.78 is 26.9. The number of aryl methyl sites for hydroxylation is 1. The lowest BCUT2D eigenvalue weighted by molar-refractivity contribution is 0.601. The Hall–Kier alpha value is -2.01. The second kappa shape index (κ2) is 3.49. The molecule has 0 atom stereocenters. The predicted molar refractivity (Wildman–Crippen MR) is 71.8 cm³/mol. The molecule has 0 radical (unpaired) electrons. The van der Waals surface area contributed by atoms with Crippen LogP contribution in [0.1, 0.15) is 5.56 Å². The normalized spacial score (nSPS) is 15.4. The molecule has 5 heteroatoms. The van der Waals surface area contributed by atoms with Gasteiger partial charge in [-0.1, -0.05) is 18.2 Å². The Morgan fingerprint density at radius 1 is 1.11 bits per heavy atom. The van der Waals surface area contributed by atoms with Crippen LogP contribution in [0.2, 0.25) is 0 Å². The number of anilines is 2. The number of rotatable bonds is 0. The fraction of sp³-hybridized carbons (Fsp3) is 0.0769. The minimum atomic E-state index is -3.48. The highest BCUT2D eigenvalue weighted by atomic mass is 32.2. The van der Waals surface area contributed by atoms with Crippen LogP contribution in [0, 0.1) is 6.92 Å². The predicted octanol–water partition coefficient (Wildman–Crippen LogP) is 2.36. The van der Waals surface area contributed by atoms with Gasteiger partial charge in [0.25, 0.3) is 10.0 Å². The van der Waals surface area contributed by atoms with Crippen LogP contribution in [0.5, 0.6) is 0 Å². The smallest absolute Gasteiger partial charge is 0.262 e. The maximum Gasteiger partial charge on any atom is 0.262 e. The van der Waals surface area contributed by atoms with E-state index in [1.165, 1.54) is 0 Å². The molecule has 0 saturated carbocycles. The van der Waals surface area contributed by atoms with Crippen molar-refractivity contribution in [1.29, 1.82) is 0 Å². The topological polar surface area (TPSA) is 72.2 Å². The third-order valence-electron chi connectivity index (χ3n) is 3.06. The van der Waals surface area contributed by atoms with Gasteiger partial charge in [-0.25, -0.2) is 8.42 Å². The van der Waals surface area contributed by atoms with E-state index < -0.39 is 10.0 Å². The van der Waals surface area contributed by atoms with Crippen LogP contribution < -0.4 is 10.5 Å². The molecule has 0 bridgehead atoms. The Bertz CT molecular complexity index is 752. The fourth-order valence-corrected chi connectivity index (χ4v) is 3.65. The van der Waals surface area contributed by atoms with Crippen LogP contribution in [0.25, 0.3) is 11.1 Å². The van der Waals surface area contributed by atoms with Crippen molar-refractivity contribution < 1.29 is 8.42 Å². The summed E-state index contributed by atoms with van der Waals surface area (Å²) in [6.07, 6.45) is 0. The molecule has 92 valence electrons. The van der Waals surface area contributed by atoms with E-state index in [1.54, 1.807) is 30.3 Å². The van der Waals surface area contributed by atoms with Gasteiger partial charge in [-0.3, -0.25) is 4.72 Å². The lowest BCUT2D eigenvalue weighted by Gasteiger charge is -2.23. The minimum Gasteiger partial charge on any atom is -0.399 e. The highest BCUT2D eigenvalue weighted by Gasteiger charge is 2.27. The first-order valence-corrected chi connectivity index (χ1v) is 7.00. The number of nitrogens with one attached hydrogen (secondary N) is 1. The maximum atomic E-state index is 12.1. The number of fused-ring (bicyclic) bond motifs is 3. The average Bonchev–Trinajstić information content (AvgIpc) is 2.31. The second-order valence-electron chi connectivity index (χ2n) is 4.36. The van der Waals surface area contributed by atoms with Gasteiger partial charge in [-0.05, 0) is 30.7 Å². The van der Waals surface area contributed by atoms with Gasteiger partial charge in [0.2, 0.25) is 0 Å². The summed E-state index contributed by atoms with van der Waals surface area (Å²) in [5.74, 6) is 0. The van der Waals surface area contributed by atoms with Crippen molar-refractivity contribution in [3.8, 4) is 11.1 Å². The third kappa shape index (κ3) is 1.48. The first kappa shape index (κ1) is 11.1. The molecule has 0 aliphatic carbocycles. The Kier molecular flexibility index (Phi) is 2.15. The van der Waals surface area contributed by atoms with Crippen LogP contribution in [0.15, 0.2) is 41.3 Å². The Morgan fingerprint density at radius 3 is 2.61 bits per heavy atom. The van der Waals surface area contributed by atoms with Crippen molar-refractivity contribution >= 4 is 21.4 Å². The van der Waals surface area contributed by atoms with Crippen molar-refractivity contribution in [3.63, 3.8) is 0 Å². The molecule has 1 heterocycles. The molecule has 0 spiro atoms. The van der Waals surface area contributed by atoms with Crippen LogP contribution in [0.4, 0.5) is 11.4 Å². The molecule has 2 aromatic rings. The number of nitrogens with two attached hydrogens (primary N) is 1. The highest BCUT2D eigenvalue weighted by molar-refractivity contribution is 7.93. The molecule has 1 aliphatic rings. The summed E-state index contributed by atoms with van der Waals surface area (Å²) >= 11 is 0. The molecule has 18 heavy (non-hydrogen) atoms. The molecule has 0 fully saturated rings. The van der Waals surface area contributed by atoms with E-state index in [0.29, 0.717) is 21.8 Å². The summed E-state index contributed by atoms with van der Waals surface area (Å²) in [7, 11) is -3.48. The monoisotopic (exact) mass is 260 g/mol. The van der Waals surface area contributed by atoms with Gasteiger partial charge in [0, 0.05) is 16.8 Å². The number of sulfonamides is 1. The van der Waals surface area contributed by atoms with Crippen molar-refractivity contribution in [2.24, 2.45) is 0 Å². The van der Waals surface area contributed by atoms with E-state index in [4.69, 9.17) is 5.73 Å². The van der Waals surface area contributed by atoms with Crippen LogP contribution in [-0.4, -0.2) is 8.42 Å². The summed E-state index contributed by atoms with van der Waals surface area (Å²) in [5, 5.41) is 0. The zero-order valence-electron chi connectivity index (χ0n) is 9.77. The maximum absolute atomic E-state index is 12.1. The van der Waals surface area contributed by atoms with Crippen molar-refractivity contribution in [2.75, 3.05) is 10.5 Å². The highest BCUT2D eigenvalue weighted by Crippen LogP contribution is 2.41. The molecule has 1 aliphatic heterocycles. The molecular weight excluding hydrogens is 248 g/mol. The van der Waals surface area contributed by atoms with E-state index >= 15 is 0 Å². The number of hydrogen-bond donors (Lipinski definition) is 2. The van der Waals surface area contributed by atoms with Gasteiger partial charge in [-0.2, -0.15) is 0 Å². The van der Waals surface area contributed by atoms with Gasteiger partial charge in [0.1, 0.15) is 0 Å². The lowest BCUT2D eigenvalue weighted by Crippen LogP contribution is -2.19. The number of hydrogen-bond acceptors (Lipinski definition) is 3. The SMILES string of the molecule is Cc1cc(N)cc2c1NS(=O)(=O)c1ccccc1-2. The van der Waals surface area contributed by atoms with Gasteiger partial charge in [0.05, 0.1) is 10.6 Å². The van der Waals surface area contributed by atoms with E-state index in [-0.39, 0.29) is 0 Å². The van der Waals surface area contributed by atoms with E-state index in [0.717, 1.165) is 11.1 Å². The number of benzene rings is 2. The van der Waals surface area contributed by atoms with Crippen LogP contribution in [-0.2, 0) is 10.0 Å². The molecule has 0 amide bonds.